The third-order valence-electron chi connectivity index (χ3n) is 2.89. The van der Waals surface area contributed by atoms with Crippen LogP contribution >= 0.6 is 0 Å². The monoisotopic (exact) mass is 233 g/mol. The number of rotatable bonds is 3. The predicted molar refractivity (Wildman–Crippen MR) is 63.1 cm³/mol. The van der Waals surface area contributed by atoms with Crippen LogP contribution in [0.15, 0.2) is 18.3 Å². The molecule has 1 saturated heterocycles. The van der Waals surface area contributed by atoms with Crippen LogP contribution in [0.5, 0.6) is 0 Å². The summed E-state index contributed by atoms with van der Waals surface area (Å²) in [5, 5.41) is 3.00. The molecule has 0 aromatic carbocycles. The Hall–Kier alpha value is -1.91. The molecule has 0 bridgehead atoms. The Morgan fingerprint density at radius 1 is 1.53 bits per heavy atom. The van der Waals surface area contributed by atoms with Crippen molar-refractivity contribution in [1.82, 2.24) is 9.88 Å². The summed E-state index contributed by atoms with van der Waals surface area (Å²) in [6.07, 6.45) is 1.97. The van der Waals surface area contributed by atoms with E-state index in [2.05, 4.69) is 10.3 Å². The maximum Gasteiger partial charge on any atom is 0.232 e. The molecule has 5 nitrogen and oxygen atoms in total. The van der Waals surface area contributed by atoms with Gasteiger partial charge in [-0.05, 0) is 12.1 Å². The van der Waals surface area contributed by atoms with Crippen LogP contribution in [-0.4, -0.2) is 28.7 Å². The number of hydrogen-bond donors (Lipinski definition) is 1. The van der Waals surface area contributed by atoms with Gasteiger partial charge in [-0.2, -0.15) is 0 Å². The Morgan fingerprint density at radius 3 is 2.88 bits per heavy atom. The number of carbonyl (C=O) groups is 2. The second-order valence-electron chi connectivity index (χ2n) is 4.21. The first-order valence-electron chi connectivity index (χ1n) is 5.58. The number of aromatic nitrogens is 1. The number of pyridine rings is 1. The molecule has 0 spiro atoms. The fourth-order valence-electron chi connectivity index (χ4n) is 1.90. The molecular formula is C12H15N3O2. The predicted octanol–water partition coefficient (Wildman–Crippen LogP) is 1.02. The van der Waals surface area contributed by atoms with E-state index in [0.29, 0.717) is 12.1 Å². The van der Waals surface area contributed by atoms with Crippen molar-refractivity contribution in [3.8, 4) is 0 Å². The van der Waals surface area contributed by atoms with Crippen molar-refractivity contribution in [2.45, 2.75) is 19.9 Å². The van der Waals surface area contributed by atoms with Gasteiger partial charge >= 0.3 is 0 Å². The number of carbonyl (C=O) groups excluding carboxylic acids is 2. The molecule has 90 valence electrons. The molecule has 2 amide bonds. The third-order valence-corrected chi connectivity index (χ3v) is 2.89. The lowest BCUT2D eigenvalue weighted by Gasteiger charge is -2.14. The Morgan fingerprint density at radius 2 is 2.29 bits per heavy atom. The Bertz CT molecular complexity index is 459. The Balaban J connectivity index is 2.15. The summed E-state index contributed by atoms with van der Waals surface area (Å²) in [4.78, 5) is 28.8. The van der Waals surface area contributed by atoms with Crippen LogP contribution in [0.1, 0.15) is 19.0 Å². The topological polar surface area (TPSA) is 62.3 Å². The average molecular weight is 233 g/mol. The van der Waals surface area contributed by atoms with Crippen LogP contribution in [0, 0.1) is 5.92 Å². The van der Waals surface area contributed by atoms with Crippen LogP contribution in [0.2, 0.25) is 0 Å². The highest BCUT2D eigenvalue weighted by atomic mass is 16.2. The van der Waals surface area contributed by atoms with Crippen molar-refractivity contribution in [3.63, 3.8) is 0 Å². The molecule has 5 heteroatoms. The molecule has 0 saturated carbocycles. The van der Waals surface area contributed by atoms with Crippen LogP contribution < -0.4 is 5.32 Å². The highest BCUT2D eigenvalue weighted by Gasteiger charge is 2.35. The standard InChI is InChI=1S/C12H15N3O2/c1-8-5-11(16)15(12(8)17)7-10-6-9(13-2)3-4-14-10/h3-4,6,8H,5,7H2,1-2H3,(H,13,14). The molecule has 2 rings (SSSR count). The number of hydrogen-bond acceptors (Lipinski definition) is 4. The Kier molecular flexibility index (Phi) is 3.08. The highest BCUT2D eigenvalue weighted by Crippen LogP contribution is 2.21. The normalized spacial score (nSPS) is 19.9. The first kappa shape index (κ1) is 11.6. The zero-order valence-corrected chi connectivity index (χ0v) is 9.93. The van der Waals surface area contributed by atoms with E-state index in [1.807, 2.05) is 19.2 Å². The quantitative estimate of drug-likeness (QED) is 0.792. The van der Waals surface area contributed by atoms with Gasteiger partial charge in [0.25, 0.3) is 0 Å². The van der Waals surface area contributed by atoms with Gasteiger partial charge in [0.15, 0.2) is 0 Å². The van der Waals surface area contributed by atoms with Gasteiger partial charge in [-0.15, -0.1) is 0 Å². The summed E-state index contributed by atoms with van der Waals surface area (Å²) in [6, 6.07) is 3.67. The van der Waals surface area contributed by atoms with E-state index in [4.69, 9.17) is 0 Å². The zero-order valence-electron chi connectivity index (χ0n) is 9.93. The fraction of sp³-hybridized carbons (Fsp3) is 0.417. The van der Waals surface area contributed by atoms with Crippen LogP contribution in [0.3, 0.4) is 0 Å². The zero-order chi connectivity index (χ0) is 12.4. The van der Waals surface area contributed by atoms with Crippen molar-refractivity contribution in [2.24, 2.45) is 5.92 Å². The summed E-state index contributed by atoms with van der Waals surface area (Å²) >= 11 is 0. The second kappa shape index (κ2) is 4.53. The summed E-state index contributed by atoms with van der Waals surface area (Å²) in [5.74, 6) is -0.416. The molecule has 1 atom stereocenters. The van der Waals surface area contributed by atoms with E-state index in [0.717, 1.165) is 5.69 Å². The molecule has 17 heavy (non-hydrogen) atoms. The van der Waals surface area contributed by atoms with Gasteiger partial charge in [-0.3, -0.25) is 19.5 Å². The fourth-order valence-corrected chi connectivity index (χ4v) is 1.90. The first-order chi connectivity index (χ1) is 8.11. The van der Waals surface area contributed by atoms with Gasteiger partial charge in [0.05, 0.1) is 12.2 Å². The van der Waals surface area contributed by atoms with Crippen molar-refractivity contribution in [2.75, 3.05) is 12.4 Å². The molecule has 1 N–H and O–H groups in total. The van der Waals surface area contributed by atoms with Gasteiger partial charge in [0.2, 0.25) is 11.8 Å². The summed E-state index contributed by atoms with van der Waals surface area (Å²) in [7, 11) is 1.81. The van der Waals surface area contributed by atoms with Crippen molar-refractivity contribution in [1.29, 1.82) is 0 Å². The summed E-state index contributed by atoms with van der Waals surface area (Å²) in [5.41, 5.74) is 1.63. The van der Waals surface area contributed by atoms with E-state index < -0.39 is 0 Å². The molecule has 1 aliphatic rings. The number of anilines is 1. The van der Waals surface area contributed by atoms with Gasteiger partial charge in [-0.25, -0.2) is 0 Å². The maximum atomic E-state index is 11.7. The first-order valence-corrected chi connectivity index (χ1v) is 5.58. The number of likely N-dealkylation sites (tertiary alicyclic amines) is 1. The molecule has 0 radical (unpaired) electrons. The lowest BCUT2D eigenvalue weighted by atomic mass is 10.1. The summed E-state index contributed by atoms with van der Waals surface area (Å²) in [6.45, 7) is 2.04. The van der Waals surface area contributed by atoms with E-state index in [-0.39, 0.29) is 24.3 Å². The van der Waals surface area contributed by atoms with Gasteiger partial charge in [-0.1, -0.05) is 6.92 Å². The van der Waals surface area contributed by atoms with E-state index in [1.165, 1.54) is 4.90 Å². The smallest absolute Gasteiger partial charge is 0.232 e. The molecule has 1 aliphatic heterocycles. The van der Waals surface area contributed by atoms with E-state index in [1.54, 1.807) is 13.1 Å². The van der Waals surface area contributed by atoms with Crippen molar-refractivity contribution >= 4 is 17.5 Å². The van der Waals surface area contributed by atoms with Crippen molar-refractivity contribution < 1.29 is 9.59 Å². The van der Waals surface area contributed by atoms with Gasteiger partial charge in [0, 0.05) is 31.3 Å². The molecule has 1 fully saturated rings. The average Bonchev–Trinajstić information content (AvgIpc) is 2.56. The Labute approximate surface area is 99.8 Å². The van der Waals surface area contributed by atoms with Crippen molar-refractivity contribution in [3.05, 3.63) is 24.0 Å². The summed E-state index contributed by atoms with van der Waals surface area (Å²) < 4.78 is 0. The molecule has 2 heterocycles. The van der Waals surface area contributed by atoms with E-state index >= 15 is 0 Å². The lowest BCUT2D eigenvalue weighted by molar-refractivity contribution is -0.139. The number of imide groups is 1. The van der Waals surface area contributed by atoms with Crippen LogP contribution in [0.25, 0.3) is 0 Å². The molecule has 0 aliphatic carbocycles. The maximum absolute atomic E-state index is 11.7. The molecule has 1 unspecified atom stereocenters. The third kappa shape index (κ3) is 2.27. The largest absolute Gasteiger partial charge is 0.388 e. The van der Waals surface area contributed by atoms with Crippen LogP contribution in [0.4, 0.5) is 5.69 Å². The SMILES string of the molecule is CNc1ccnc(CN2C(=O)CC(C)C2=O)c1. The van der Waals surface area contributed by atoms with E-state index in [9.17, 15) is 9.59 Å². The highest BCUT2D eigenvalue weighted by molar-refractivity contribution is 6.03. The molecular weight excluding hydrogens is 218 g/mol. The lowest BCUT2D eigenvalue weighted by Crippen LogP contribution is -2.30. The minimum atomic E-state index is -0.199. The molecule has 1 aromatic rings. The number of nitrogens with zero attached hydrogens (tertiary/aromatic N) is 2. The minimum Gasteiger partial charge on any atom is -0.388 e. The van der Waals surface area contributed by atoms with Crippen LogP contribution in [-0.2, 0) is 16.1 Å². The second-order valence-corrected chi connectivity index (χ2v) is 4.21. The molecule has 1 aromatic heterocycles. The van der Waals surface area contributed by atoms with Gasteiger partial charge < -0.3 is 5.32 Å². The number of nitrogens with one attached hydrogen (secondary N) is 1. The number of amides is 2. The van der Waals surface area contributed by atoms with Gasteiger partial charge in [0.1, 0.15) is 0 Å². The minimum absolute atomic E-state index is 0.105.